The van der Waals surface area contributed by atoms with E-state index in [1.54, 1.807) is 18.5 Å². The Balaban J connectivity index is 1.82. The van der Waals surface area contributed by atoms with E-state index in [-0.39, 0.29) is 5.56 Å². The number of nitrogens with zero attached hydrogens (tertiary/aromatic N) is 2. The maximum atomic E-state index is 13.4. The van der Waals surface area contributed by atoms with Crippen LogP contribution in [0.15, 0.2) is 36.7 Å². The van der Waals surface area contributed by atoms with Gasteiger partial charge in [-0.2, -0.15) is 0 Å². The van der Waals surface area contributed by atoms with Crippen LogP contribution in [0.2, 0.25) is 5.02 Å². The molecule has 104 valence electrons. The molecule has 2 rings (SSSR count). The Morgan fingerprint density at radius 1 is 1.25 bits per heavy atom. The summed E-state index contributed by atoms with van der Waals surface area (Å²) >= 11 is 5.73. The van der Waals surface area contributed by atoms with Gasteiger partial charge in [-0.05, 0) is 24.3 Å². The monoisotopic (exact) mass is 294 g/mol. The van der Waals surface area contributed by atoms with Crippen molar-refractivity contribution in [1.29, 1.82) is 0 Å². The molecule has 0 spiro atoms. The van der Waals surface area contributed by atoms with Crippen molar-refractivity contribution in [2.24, 2.45) is 0 Å². The quantitative estimate of drug-likeness (QED) is 0.829. The summed E-state index contributed by atoms with van der Waals surface area (Å²) in [5.41, 5.74) is -0.0755. The molecule has 0 saturated heterocycles. The maximum Gasteiger partial charge on any atom is 0.254 e. The zero-order valence-electron chi connectivity index (χ0n) is 10.4. The molecule has 2 aromatic rings. The average molecular weight is 295 g/mol. The molecule has 1 amide bonds. The number of aromatic nitrogens is 2. The predicted octanol–water partition coefficient (Wildman–Crippen LogP) is 2.11. The lowest BCUT2D eigenvalue weighted by Crippen LogP contribution is -2.29. The first-order valence-corrected chi connectivity index (χ1v) is 6.29. The highest BCUT2D eigenvalue weighted by molar-refractivity contribution is 6.30. The number of nitrogens with one attached hydrogen (secondary N) is 2. The Bertz CT molecular complexity index is 594. The second-order valence-corrected chi connectivity index (χ2v) is 4.32. The first-order valence-electron chi connectivity index (χ1n) is 5.91. The van der Waals surface area contributed by atoms with Crippen molar-refractivity contribution in [3.05, 3.63) is 53.1 Å². The third-order valence-corrected chi connectivity index (χ3v) is 2.67. The highest BCUT2D eigenvalue weighted by Crippen LogP contribution is 2.14. The summed E-state index contributed by atoms with van der Waals surface area (Å²) in [7, 11) is 0. The van der Waals surface area contributed by atoms with Crippen LogP contribution >= 0.6 is 11.6 Å². The fourth-order valence-corrected chi connectivity index (χ4v) is 1.68. The zero-order chi connectivity index (χ0) is 14.4. The van der Waals surface area contributed by atoms with Crippen molar-refractivity contribution in [3.63, 3.8) is 0 Å². The van der Waals surface area contributed by atoms with Gasteiger partial charge in [0, 0.05) is 30.5 Å². The number of anilines is 1. The number of carbonyl (C=O) groups is 1. The number of benzene rings is 1. The van der Waals surface area contributed by atoms with Crippen LogP contribution in [-0.4, -0.2) is 29.0 Å². The first-order chi connectivity index (χ1) is 9.66. The van der Waals surface area contributed by atoms with Gasteiger partial charge in [-0.15, -0.1) is 0 Å². The molecule has 0 atom stereocenters. The molecular formula is C13H12ClFN4O. The van der Waals surface area contributed by atoms with E-state index in [2.05, 4.69) is 20.6 Å². The van der Waals surface area contributed by atoms with Gasteiger partial charge in [-0.1, -0.05) is 11.6 Å². The molecular weight excluding hydrogens is 283 g/mol. The smallest absolute Gasteiger partial charge is 0.254 e. The molecule has 0 fully saturated rings. The molecule has 5 nitrogen and oxygen atoms in total. The second-order valence-electron chi connectivity index (χ2n) is 3.88. The average Bonchev–Trinajstić information content (AvgIpc) is 2.47. The van der Waals surface area contributed by atoms with Crippen LogP contribution in [0.4, 0.5) is 10.3 Å². The summed E-state index contributed by atoms with van der Waals surface area (Å²) < 4.78 is 13.4. The maximum absolute atomic E-state index is 13.4. The fourth-order valence-electron chi connectivity index (χ4n) is 1.51. The van der Waals surface area contributed by atoms with E-state index in [4.69, 9.17) is 11.6 Å². The number of amides is 1. The Hall–Kier alpha value is -2.21. The minimum absolute atomic E-state index is 0.0755. The number of rotatable bonds is 5. The molecule has 0 bridgehead atoms. The third-order valence-electron chi connectivity index (χ3n) is 2.43. The van der Waals surface area contributed by atoms with Gasteiger partial charge in [-0.25, -0.2) is 14.4 Å². The molecule has 20 heavy (non-hydrogen) atoms. The highest BCUT2D eigenvalue weighted by atomic mass is 35.5. The lowest BCUT2D eigenvalue weighted by molar-refractivity contribution is 0.0951. The van der Waals surface area contributed by atoms with Crippen LogP contribution in [0.1, 0.15) is 10.4 Å². The third kappa shape index (κ3) is 3.89. The SMILES string of the molecule is O=C(NCCNc1ncccn1)c1cc(Cl)ccc1F. The molecule has 0 saturated carbocycles. The zero-order valence-corrected chi connectivity index (χ0v) is 11.2. The van der Waals surface area contributed by atoms with Crippen LogP contribution < -0.4 is 10.6 Å². The summed E-state index contributed by atoms with van der Waals surface area (Å²) in [6, 6.07) is 5.55. The molecule has 7 heteroatoms. The topological polar surface area (TPSA) is 66.9 Å². The molecule has 0 aliphatic carbocycles. The summed E-state index contributed by atoms with van der Waals surface area (Å²) in [4.78, 5) is 19.7. The highest BCUT2D eigenvalue weighted by Gasteiger charge is 2.11. The standard InChI is InChI=1S/C13H12ClFN4O/c14-9-2-3-11(15)10(8-9)12(20)16-6-7-19-13-17-4-1-5-18-13/h1-5,8H,6-7H2,(H,16,20)(H,17,18,19). The van der Waals surface area contributed by atoms with Crippen LogP contribution in [-0.2, 0) is 0 Å². The van der Waals surface area contributed by atoms with Gasteiger partial charge in [0.15, 0.2) is 0 Å². The van der Waals surface area contributed by atoms with Crippen LogP contribution in [0.25, 0.3) is 0 Å². The van der Waals surface area contributed by atoms with E-state index in [1.165, 1.54) is 12.1 Å². The molecule has 1 heterocycles. The Kier molecular flexibility index (Phi) is 4.84. The number of hydrogen-bond donors (Lipinski definition) is 2. The van der Waals surface area contributed by atoms with Gasteiger partial charge in [0.1, 0.15) is 5.82 Å². The summed E-state index contributed by atoms with van der Waals surface area (Å²) in [5, 5.41) is 5.81. The van der Waals surface area contributed by atoms with Gasteiger partial charge in [0.2, 0.25) is 5.95 Å². The van der Waals surface area contributed by atoms with Crippen LogP contribution in [0.5, 0.6) is 0 Å². The molecule has 1 aromatic heterocycles. The minimum atomic E-state index is -0.605. The van der Waals surface area contributed by atoms with Gasteiger partial charge in [-0.3, -0.25) is 4.79 Å². The predicted molar refractivity (Wildman–Crippen MR) is 74.3 cm³/mol. The summed E-state index contributed by atoms with van der Waals surface area (Å²) in [6.07, 6.45) is 3.21. The van der Waals surface area contributed by atoms with Crippen molar-refractivity contribution in [2.75, 3.05) is 18.4 Å². The van der Waals surface area contributed by atoms with E-state index in [1.807, 2.05) is 0 Å². The molecule has 0 radical (unpaired) electrons. The first kappa shape index (κ1) is 14.2. The van der Waals surface area contributed by atoms with Crippen LogP contribution in [0.3, 0.4) is 0 Å². The van der Waals surface area contributed by atoms with Gasteiger partial charge < -0.3 is 10.6 Å². The normalized spacial score (nSPS) is 10.1. The van der Waals surface area contributed by atoms with Crippen molar-refractivity contribution < 1.29 is 9.18 Å². The van der Waals surface area contributed by atoms with Crippen molar-refractivity contribution in [2.45, 2.75) is 0 Å². The molecule has 1 aromatic carbocycles. The Labute approximate surface area is 120 Å². The van der Waals surface area contributed by atoms with E-state index < -0.39 is 11.7 Å². The van der Waals surface area contributed by atoms with Crippen molar-refractivity contribution in [1.82, 2.24) is 15.3 Å². The largest absolute Gasteiger partial charge is 0.352 e. The molecule has 0 unspecified atom stereocenters. The Morgan fingerprint density at radius 3 is 2.75 bits per heavy atom. The van der Waals surface area contributed by atoms with Crippen LogP contribution in [0, 0.1) is 5.82 Å². The van der Waals surface area contributed by atoms with E-state index in [0.717, 1.165) is 6.07 Å². The second kappa shape index (κ2) is 6.81. The number of hydrogen-bond acceptors (Lipinski definition) is 4. The fraction of sp³-hybridized carbons (Fsp3) is 0.154. The summed E-state index contributed by atoms with van der Waals surface area (Å²) in [6.45, 7) is 0.737. The number of carbonyl (C=O) groups excluding carboxylic acids is 1. The lowest BCUT2D eigenvalue weighted by atomic mass is 10.2. The van der Waals surface area contributed by atoms with Gasteiger partial charge in [0.25, 0.3) is 5.91 Å². The van der Waals surface area contributed by atoms with Gasteiger partial charge in [0.05, 0.1) is 5.56 Å². The van der Waals surface area contributed by atoms with Crippen molar-refractivity contribution in [3.8, 4) is 0 Å². The molecule has 0 aliphatic heterocycles. The lowest BCUT2D eigenvalue weighted by Gasteiger charge is -2.07. The Morgan fingerprint density at radius 2 is 2.00 bits per heavy atom. The number of halogens is 2. The van der Waals surface area contributed by atoms with E-state index in [0.29, 0.717) is 24.1 Å². The van der Waals surface area contributed by atoms with Gasteiger partial charge >= 0.3 is 0 Å². The van der Waals surface area contributed by atoms with Crippen molar-refractivity contribution >= 4 is 23.5 Å². The summed E-state index contributed by atoms with van der Waals surface area (Å²) in [5.74, 6) is -0.650. The molecule has 0 aliphatic rings. The minimum Gasteiger partial charge on any atom is -0.352 e. The van der Waals surface area contributed by atoms with E-state index in [9.17, 15) is 9.18 Å². The van der Waals surface area contributed by atoms with E-state index >= 15 is 0 Å². The molecule has 2 N–H and O–H groups in total.